The molecule has 5 nitrogen and oxygen atoms in total. The Morgan fingerprint density at radius 2 is 1.83 bits per heavy atom. The Morgan fingerprint density at radius 1 is 1.09 bits per heavy atom. The molecular formula is C14H10FN3O2S3. The van der Waals surface area contributed by atoms with Gasteiger partial charge in [0.1, 0.15) is 16.2 Å². The number of aromatic nitrogens is 2. The standard InChI is InChI=1S/C14H10FN3O2S3/c15-12-3-1-2-4-13(12)23(19,20)18-10-5-7-11(8-6-10)22-14-17-16-9-21-14/h1-9,18H. The molecule has 0 aliphatic carbocycles. The van der Waals surface area contributed by atoms with E-state index in [0.29, 0.717) is 5.69 Å². The van der Waals surface area contributed by atoms with E-state index in [1.807, 2.05) is 0 Å². The summed E-state index contributed by atoms with van der Waals surface area (Å²) in [6.07, 6.45) is 0. The maximum atomic E-state index is 13.6. The highest BCUT2D eigenvalue weighted by Crippen LogP contribution is 2.29. The van der Waals surface area contributed by atoms with Crippen molar-refractivity contribution in [2.24, 2.45) is 0 Å². The minimum Gasteiger partial charge on any atom is -0.280 e. The predicted molar refractivity (Wildman–Crippen MR) is 87.7 cm³/mol. The number of anilines is 1. The van der Waals surface area contributed by atoms with Gasteiger partial charge in [0.15, 0.2) is 4.34 Å². The molecule has 0 aliphatic rings. The van der Waals surface area contributed by atoms with Crippen molar-refractivity contribution in [2.75, 3.05) is 4.72 Å². The van der Waals surface area contributed by atoms with Gasteiger partial charge in [0.25, 0.3) is 10.0 Å². The fourth-order valence-electron chi connectivity index (χ4n) is 1.77. The van der Waals surface area contributed by atoms with Gasteiger partial charge in [-0.2, -0.15) is 0 Å². The second-order valence-corrected chi connectivity index (χ2v) is 8.17. The summed E-state index contributed by atoms with van der Waals surface area (Å²) in [5.74, 6) is -0.788. The molecule has 3 aromatic rings. The van der Waals surface area contributed by atoms with E-state index in [2.05, 4.69) is 14.9 Å². The van der Waals surface area contributed by atoms with Gasteiger partial charge in [-0.1, -0.05) is 35.2 Å². The van der Waals surface area contributed by atoms with Crippen molar-refractivity contribution in [3.8, 4) is 0 Å². The average Bonchev–Trinajstić information content (AvgIpc) is 3.02. The lowest BCUT2D eigenvalue weighted by atomic mass is 10.3. The van der Waals surface area contributed by atoms with Crippen LogP contribution in [0.4, 0.5) is 10.1 Å². The van der Waals surface area contributed by atoms with Gasteiger partial charge in [0.2, 0.25) is 0 Å². The monoisotopic (exact) mass is 367 g/mol. The van der Waals surface area contributed by atoms with Gasteiger partial charge in [-0.05, 0) is 36.4 Å². The summed E-state index contributed by atoms with van der Waals surface area (Å²) in [5, 5.41) is 7.67. The lowest BCUT2D eigenvalue weighted by Gasteiger charge is -2.09. The molecule has 0 saturated carbocycles. The van der Waals surface area contributed by atoms with Crippen LogP contribution in [0.25, 0.3) is 0 Å². The lowest BCUT2D eigenvalue weighted by Crippen LogP contribution is -2.14. The molecule has 2 aromatic carbocycles. The maximum Gasteiger partial charge on any atom is 0.264 e. The molecule has 23 heavy (non-hydrogen) atoms. The first kappa shape index (κ1) is 15.9. The Balaban J connectivity index is 1.76. The number of nitrogens with zero attached hydrogens (tertiary/aromatic N) is 2. The normalized spacial score (nSPS) is 11.3. The zero-order chi connectivity index (χ0) is 16.3. The molecule has 0 saturated heterocycles. The van der Waals surface area contributed by atoms with Crippen LogP contribution in [0.1, 0.15) is 0 Å². The molecule has 1 aromatic heterocycles. The first-order chi connectivity index (χ1) is 11.0. The third kappa shape index (κ3) is 3.87. The minimum absolute atomic E-state index is 0.356. The number of hydrogen-bond donors (Lipinski definition) is 1. The summed E-state index contributed by atoms with van der Waals surface area (Å²) < 4.78 is 41.2. The van der Waals surface area contributed by atoms with Crippen molar-refractivity contribution in [3.63, 3.8) is 0 Å². The van der Waals surface area contributed by atoms with Crippen molar-refractivity contribution >= 4 is 38.8 Å². The Labute approximate surface area is 140 Å². The van der Waals surface area contributed by atoms with Gasteiger partial charge in [-0.3, -0.25) is 4.72 Å². The summed E-state index contributed by atoms with van der Waals surface area (Å²) in [5.41, 5.74) is 1.99. The topological polar surface area (TPSA) is 72.0 Å². The molecule has 118 valence electrons. The molecule has 1 N–H and O–H groups in total. The van der Waals surface area contributed by atoms with Crippen LogP contribution in [0, 0.1) is 5.82 Å². The SMILES string of the molecule is O=S(=O)(Nc1ccc(Sc2nncs2)cc1)c1ccccc1F. The van der Waals surface area contributed by atoms with Crippen molar-refractivity contribution in [1.82, 2.24) is 10.2 Å². The van der Waals surface area contributed by atoms with Crippen LogP contribution in [-0.2, 0) is 10.0 Å². The maximum absolute atomic E-state index is 13.6. The van der Waals surface area contributed by atoms with E-state index in [9.17, 15) is 12.8 Å². The number of rotatable bonds is 5. The van der Waals surface area contributed by atoms with Crippen LogP contribution in [0.15, 0.2) is 68.2 Å². The fraction of sp³-hybridized carbons (Fsp3) is 0. The quantitative estimate of drug-likeness (QED) is 0.745. The van der Waals surface area contributed by atoms with Gasteiger partial charge in [-0.15, -0.1) is 10.2 Å². The molecule has 3 rings (SSSR count). The summed E-state index contributed by atoms with van der Waals surface area (Å²) >= 11 is 2.85. The molecule has 9 heteroatoms. The first-order valence-corrected chi connectivity index (χ1v) is 9.54. The Hall–Kier alpha value is -1.97. The zero-order valence-corrected chi connectivity index (χ0v) is 14.0. The highest BCUT2D eigenvalue weighted by molar-refractivity contribution is 8.01. The molecule has 0 spiro atoms. The Morgan fingerprint density at radius 3 is 2.48 bits per heavy atom. The predicted octanol–water partition coefficient (Wildman–Crippen LogP) is 3.63. The van der Waals surface area contributed by atoms with Crippen molar-refractivity contribution in [1.29, 1.82) is 0 Å². The highest BCUT2D eigenvalue weighted by Gasteiger charge is 2.18. The van der Waals surface area contributed by atoms with Gasteiger partial charge in [0, 0.05) is 10.6 Å². The zero-order valence-electron chi connectivity index (χ0n) is 11.5. The molecule has 0 amide bonds. The molecule has 0 atom stereocenters. The minimum atomic E-state index is -3.96. The van der Waals surface area contributed by atoms with Crippen LogP contribution < -0.4 is 4.72 Å². The molecule has 0 radical (unpaired) electrons. The van der Waals surface area contributed by atoms with E-state index < -0.39 is 15.8 Å². The fourth-order valence-corrected chi connectivity index (χ4v) is 4.36. The third-order valence-electron chi connectivity index (χ3n) is 2.78. The molecular weight excluding hydrogens is 357 g/mol. The Kier molecular flexibility index (Phi) is 4.60. The van der Waals surface area contributed by atoms with Crippen molar-refractivity contribution < 1.29 is 12.8 Å². The van der Waals surface area contributed by atoms with E-state index in [1.165, 1.54) is 41.3 Å². The van der Waals surface area contributed by atoms with Crippen LogP contribution in [-0.4, -0.2) is 18.6 Å². The van der Waals surface area contributed by atoms with Crippen LogP contribution in [0.2, 0.25) is 0 Å². The number of hydrogen-bond acceptors (Lipinski definition) is 6. The number of nitrogens with one attached hydrogen (secondary N) is 1. The molecule has 1 heterocycles. The number of sulfonamides is 1. The molecule has 0 fully saturated rings. The Bertz CT molecular complexity index is 897. The molecule has 0 unspecified atom stereocenters. The largest absolute Gasteiger partial charge is 0.280 e. The van der Waals surface area contributed by atoms with Crippen molar-refractivity contribution in [2.45, 2.75) is 14.1 Å². The van der Waals surface area contributed by atoms with Crippen LogP contribution in [0.5, 0.6) is 0 Å². The van der Waals surface area contributed by atoms with Gasteiger partial charge >= 0.3 is 0 Å². The summed E-state index contributed by atoms with van der Waals surface area (Å²) in [4.78, 5) is 0.517. The smallest absolute Gasteiger partial charge is 0.264 e. The first-order valence-electron chi connectivity index (χ1n) is 6.36. The van der Waals surface area contributed by atoms with E-state index in [-0.39, 0.29) is 4.90 Å². The third-order valence-corrected chi connectivity index (χ3v) is 5.98. The lowest BCUT2D eigenvalue weighted by molar-refractivity contribution is 0.570. The summed E-state index contributed by atoms with van der Waals surface area (Å²) in [6, 6.07) is 12.0. The summed E-state index contributed by atoms with van der Waals surface area (Å²) in [6.45, 7) is 0. The second-order valence-electron chi connectivity index (χ2n) is 4.37. The molecule has 0 aliphatic heterocycles. The van der Waals surface area contributed by atoms with E-state index in [0.717, 1.165) is 15.3 Å². The van der Waals surface area contributed by atoms with E-state index >= 15 is 0 Å². The van der Waals surface area contributed by atoms with Crippen LogP contribution in [0.3, 0.4) is 0 Å². The molecule has 0 bridgehead atoms. The average molecular weight is 367 g/mol. The number of halogens is 1. The van der Waals surface area contributed by atoms with Crippen molar-refractivity contribution in [3.05, 3.63) is 59.9 Å². The highest BCUT2D eigenvalue weighted by atomic mass is 32.2. The summed E-state index contributed by atoms with van der Waals surface area (Å²) in [7, 11) is -3.96. The van der Waals surface area contributed by atoms with Crippen LogP contribution >= 0.6 is 23.1 Å². The van der Waals surface area contributed by atoms with Gasteiger partial charge in [0.05, 0.1) is 0 Å². The van der Waals surface area contributed by atoms with Gasteiger partial charge < -0.3 is 0 Å². The number of benzene rings is 2. The van der Waals surface area contributed by atoms with E-state index in [1.54, 1.807) is 29.8 Å². The van der Waals surface area contributed by atoms with Gasteiger partial charge in [-0.25, -0.2) is 12.8 Å². The second kappa shape index (κ2) is 6.65. The van der Waals surface area contributed by atoms with E-state index in [4.69, 9.17) is 0 Å².